The smallest absolute Gasteiger partial charge is 0.161 e. The van der Waals surface area contributed by atoms with E-state index in [0.717, 1.165) is 33.5 Å². The standard InChI is InChI=1S/C47H33N3.C19H15N.C2H6/c1-47(2)39-21-13-20-37(46-48-41-22-11-9-19-36(41)45(49-46)30-14-5-3-6-15-30)44(39)35-26-24-32(29-40(35)47)31-25-27-43-38(28-31)34-18-10-12-23-42(34)50(43)33-16-7-4-8-17-33;1-14-11-12-19-17(13-14)16-9-5-6-10-18(16)20(19)15-7-3-2-4-8-15;1-2/h3-29H,1-2H3;2-13H,1H3;1-2H3. The molecule has 10 aromatic carbocycles. The van der Waals surface area contributed by atoms with Crippen LogP contribution in [0.3, 0.4) is 0 Å². The number of aromatic nitrogens is 4. The lowest BCUT2D eigenvalue weighted by Crippen LogP contribution is -2.15. The van der Waals surface area contributed by atoms with Crippen molar-refractivity contribution in [2.45, 2.75) is 40.0 Å². The largest absolute Gasteiger partial charge is 0.309 e. The van der Waals surface area contributed by atoms with Crippen molar-refractivity contribution in [2.75, 3.05) is 0 Å². The summed E-state index contributed by atoms with van der Waals surface area (Å²) in [6.45, 7) is 10.8. The zero-order valence-corrected chi connectivity index (χ0v) is 41.3. The third-order valence-electron chi connectivity index (χ3n) is 14.5. The second-order valence-corrected chi connectivity index (χ2v) is 19.0. The minimum absolute atomic E-state index is 0.191. The molecule has 72 heavy (non-hydrogen) atoms. The first-order chi connectivity index (χ1) is 35.4. The Bertz CT molecular complexity index is 4140. The van der Waals surface area contributed by atoms with Crippen LogP contribution in [-0.4, -0.2) is 19.1 Å². The van der Waals surface area contributed by atoms with E-state index in [-0.39, 0.29) is 5.41 Å². The maximum Gasteiger partial charge on any atom is 0.161 e. The van der Waals surface area contributed by atoms with E-state index in [1.54, 1.807) is 0 Å². The monoisotopic (exact) mass is 926 g/mol. The molecule has 4 heteroatoms. The third kappa shape index (κ3) is 7.38. The van der Waals surface area contributed by atoms with Gasteiger partial charge in [-0.1, -0.05) is 197 Å². The van der Waals surface area contributed by atoms with E-state index in [0.29, 0.717) is 0 Å². The van der Waals surface area contributed by atoms with E-state index in [4.69, 9.17) is 9.97 Å². The van der Waals surface area contributed by atoms with Gasteiger partial charge < -0.3 is 9.13 Å². The molecule has 0 fully saturated rings. The highest BCUT2D eigenvalue weighted by atomic mass is 15.0. The van der Waals surface area contributed by atoms with Crippen molar-refractivity contribution in [3.05, 3.63) is 253 Å². The Kier molecular flexibility index (Phi) is 11.2. The Morgan fingerprint density at radius 3 is 1.53 bits per heavy atom. The van der Waals surface area contributed by atoms with E-state index >= 15 is 0 Å². The van der Waals surface area contributed by atoms with Crippen molar-refractivity contribution in [3.8, 4) is 56.3 Å². The maximum absolute atomic E-state index is 5.27. The van der Waals surface area contributed by atoms with Crippen LogP contribution in [0.15, 0.2) is 237 Å². The van der Waals surface area contributed by atoms with Crippen molar-refractivity contribution in [1.29, 1.82) is 0 Å². The summed E-state index contributed by atoms with van der Waals surface area (Å²) in [5.41, 5.74) is 20.1. The number of aryl methyl sites for hydroxylation is 1. The zero-order chi connectivity index (χ0) is 48.9. The molecule has 0 bridgehead atoms. The fourth-order valence-corrected chi connectivity index (χ4v) is 11.1. The van der Waals surface area contributed by atoms with Gasteiger partial charge in [0.05, 0.1) is 33.3 Å². The fourth-order valence-electron chi connectivity index (χ4n) is 11.1. The summed E-state index contributed by atoms with van der Waals surface area (Å²) in [6, 6.07) is 84.6. The highest BCUT2D eigenvalue weighted by Gasteiger charge is 2.37. The summed E-state index contributed by atoms with van der Waals surface area (Å²) in [6.07, 6.45) is 0. The molecule has 0 aliphatic heterocycles. The van der Waals surface area contributed by atoms with Crippen molar-refractivity contribution >= 4 is 54.5 Å². The summed E-state index contributed by atoms with van der Waals surface area (Å²) in [5, 5.41) is 6.22. The lowest BCUT2D eigenvalue weighted by Gasteiger charge is -2.22. The van der Waals surface area contributed by atoms with Crippen LogP contribution in [0.5, 0.6) is 0 Å². The first-order valence-electron chi connectivity index (χ1n) is 25.2. The van der Waals surface area contributed by atoms with Gasteiger partial charge in [0, 0.05) is 54.8 Å². The van der Waals surface area contributed by atoms with Gasteiger partial charge in [0.15, 0.2) is 5.82 Å². The molecule has 0 spiro atoms. The van der Waals surface area contributed by atoms with Crippen LogP contribution >= 0.6 is 0 Å². The normalized spacial score (nSPS) is 12.3. The molecule has 0 amide bonds. The molecular formula is C68H54N4. The van der Waals surface area contributed by atoms with E-state index in [1.807, 2.05) is 19.9 Å². The van der Waals surface area contributed by atoms with Crippen LogP contribution in [0.1, 0.15) is 44.4 Å². The quantitative estimate of drug-likeness (QED) is 0.172. The molecule has 13 aromatic rings. The van der Waals surface area contributed by atoms with E-state index < -0.39 is 0 Å². The number of rotatable bonds is 5. The second-order valence-electron chi connectivity index (χ2n) is 19.0. The minimum Gasteiger partial charge on any atom is -0.309 e. The Balaban J connectivity index is 0.000000200. The minimum atomic E-state index is -0.191. The van der Waals surface area contributed by atoms with Crippen molar-refractivity contribution < 1.29 is 0 Å². The Hall–Kier alpha value is -8.86. The SMILES string of the molecule is CC.CC1(C)c2cc(-c3ccc4c(c3)c3ccccc3n4-c3ccccc3)ccc2-c2c(-c3nc(-c4ccccc4)c4ccccc4n3)cccc21.Cc1ccc2c(c1)c1ccccc1n2-c1ccccc1. The first kappa shape index (κ1) is 44.4. The summed E-state index contributed by atoms with van der Waals surface area (Å²) >= 11 is 0. The Morgan fingerprint density at radius 1 is 0.361 bits per heavy atom. The average molecular weight is 927 g/mol. The number of nitrogens with zero attached hydrogens (tertiary/aromatic N) is 4. The van der Waals surface area contributed by atoms with Gasteiger partial charge in [-0.05, 0) is 113 Å². The van der Waals surface area contributed by atoms with Crippen LogP contribution in [0.4, 0.5) is 0 Å². The van der Waals surface area contributed by atoms with Gasteiger partial charge >= 0.3 is 0 Å². The summed E-state index contributed by atoms with van der Waals surface area (Å²) in [7, 11) is 0. The second kappa shape index (κ2) is 18.1. The van der Waals surface area contributed by atoms with E-state index in [2.05, 4.69) is 260 Å². The predicted octanol–water partition coefficient (Wildman–Crippen LogP) is 18.2. The molecular weight excluding hydrogens is 873 g/mol. The first-order valence-corrected chi connectivity index (χ1v) is 25.2. The molecule has 14 rings (SSSR count). The predicted molar refractivity (Wildman–Crippen MR) is 305 cm³/mol. The van der Waals surface area contributed by atoms with Crippen LogP contribution in [0, 0.1) is 6.92 Å². The van der Waals surface area contributed by atoms with Crippen LogP contribution < -0.4 is 0 Å². The molecule has 4 nitrogen and oxygen atoms in total. The van der Waals surface area contributed by atoms with Gasteiger partial charge in [-0.3, -0.25) is 0 Å². The lowest BCUT2D eigenvalue weighted by molar-refractivity contribution is 0.660. The Labute approximate surface area is 421 Å². The topological polar surface area (TPSA) is 35.6 Å². The van der Waals surface area contributed by atoms with Gasteiger partial charge in [-0.2, -0.15) is 0 Å². The molecule has 0 saturated heterocycles. The van der Waals surface area contributed by atoms with Gasteiger partial charge in [0.2, 0.25) is 0 Å². The molecule has 0 N–H and O–H groups in total. The molecule has 0 unspecified atom stereocenters. The maximum atomic E-state index is 5.27. The van der Waals surface area contributed by atoms with E-state index in [1.165, 1.54) is 93.9 Å². The number of fused-ring (bicyclic) bond motifs is 10. The van der Waals surface area contributed by atoms with E-state index in [9.17, 15) is 0 Å². The molecule has 1 aliphatic rings. The highest BCUT2D eigenvalue weighted by molar-refractivity contribution is 6.11. The molecule has 0 saturated carbocycles. The van der Waals surface area contributed by atoms with Crippen LogP contribution in [0.25, 0.3) is 111 Å². The number of para-hydroxylation sites is 5. The van der Waals surface area contributed by atoms with Gasteiger partial charge in [-0.25, -0.2) is 9.97 Å². The highest BCUT2D eigenvalue weighted by Crippen LogP contribution is 2.53. The molecule has 3 heterocycles. The summed E-state index contributed by atoms with van der Waals surface area (Å²) < 4.78 is 4.71. The van der Waals surface area contributed by atoms with Crippen molar-refractivity contribution in [1.82, 2.24) is 19.1 Å². The van der Waals surface area contributed by atoms with Crippen LogP contribution in [-0.2, 0) is 5.41 Å². The van der Waals surface area contributed by atoms with Gasteiger partial charge in [0.1, 0.15) is 0 Å². The molecule has 0 atom stereocenters. The lowest BCUT2D eigenvalue weighted by atomic mass is 9.81. The van der Waals surface area contributed by atoms with Crippen LogP contribution in [0.2, 0.25) is 0 Å². The number of hydrogen-bond acceptors (Lipinski definition) is 2. The molecule has 1 aliphatic carbocycles. The molecule has 3 aromatic heterocycles. The third-order valence-corrected chi connectivity index (χ3v) is 14.5. The van der Waals surface area contributed by atoms with Gasteiger partial charge in [-0.15, -0.1) is 0 Å². The number of hydrogen-bond donors (Lipinski definition) is 0. The Morgan fingerprint density at radius 2 is 0.875 bits per heavy atom. The molecule has 346 valence electrons. The fraction of sp³-hybridized carbons (Fsp3) is 0.0882. The van der Waals surface area contributed by atoms with Gasteiger partial charge in [0.25, 0.3) is 0 Å². The zero-order valence-electron chi connectivity index (χ0n) is 41.3. The number of benzene rings is 10. The van der Waals surface area contributed by atoms with Crippen molar-refractivity contribution in [3.63, 3.8) is 0 Å². The summed E-state index contributed by atoms with van der Waals surface area (Å²) in [5.74, 6) is 0.757. The summed E-state index contributed by atoms with van der Waals surface area (Å²) in [4.78, 5) is 10.4. The molecule has 0 radical (unpaired) electrons. The van der Waals surface area contributed by atoms with Crippen molar-refractivity contribution in [2.24, 2.45) is 0 Å². The average Bonchev–Trinajstić information content (AvgIpc) is 4.04.